The largest absolute Gasteiger partial charge is 0.459 e. The second kappa shape index (κ2) is 14.2. The average molecular weight is 469 g/mol. The first-order valence-electron chi connectivity index (χ1n) is 13.4. The van der Waals surface area contributed by atoms with Gasteiger partial charge in [0, 0.05) is 18.0 Å². The van der Waals surface area contributed by atoms with Gasteiger partial charge in [0.05, 0.1) is 5.56 Å². The highest BCUT2D eigenvalue weighted by Crippen LogP contribution is 2.31. The van der Waals surface area contributed by atoms with E-state index < -0.39 is 11.8 Å². The molecule has 0 aliphatic heterocycles. The van der Waals surface area contributed by atoms with Crippen molar-refractivity contribution in [3.8, 4) is 11.4 Å². The minimum Gasteiger partial charge on any atom is -0.459 e. The van der Waals surface area contributed by atoms with E-state index in [-0.39, 0.29) is 11.7 Å². The summed E-state index contributed by atoms with van der Waals surface area (Å²) in [6.45, 7) is 4.44. The molecule has 5 heteroatoms. The number of nitrogens with zero attached hydrogens (tertiary/aromatic N) is 2. The van der Waals surface area contributed by atoms with Crippen LogP contribution in [0.5, 0.6) is 0 Å². The Hall–Kier alpha value is -2.30. The molecular formula is C29H41FN2O2. The Morgan fingerprint density at radius 1 is 0.941 bits per heavy atom. The maximum absolute atomic E-state index is 14.8. The summed E-state index contributed by atoms with van der Waals surface area (Å²) in [5.41, 5.74) is 1.65. The topological polar surface area (TPSA) is 52.1 Å². The fourth-order valence-corrected chi connectivity index (χ4v) is 4.82. The highest BCUT2D eigenvalue weighted by atomic mass is 19.1. The number of ether oxygens (including phenoxy) is 1. The molecule has 34 heavy (non-hydrogen) atoms. The van der Waals surface area contributed by atoms with E-state index in [1.54, 1.807) is 6.07 Å². The molecule has 0 bridgehead atoms. The van der Waals surface area contributed by atoms with E-state index in [2.05, 4.69) is 23.8 Å². The fourth-order valence-electron chi connectivity index (χ4n) is 4.82. The molecule has 4 nitrogen and oxygen atoms in total. The predicted molar refractivity (Wildman–Crippen MR) is 135 cm³/mol. The summed E-state index contributed by atoms with van der Waals surface area (Å²) in [6, 6.07) is 4.53. The molecule has 1 aliphatic carbocycles. The number of carbonyl (C=O) groups is 1. The molecule has 1 aromatic heterocycles. The minimum atomic E-state index is -0.584. The fraction of sp³-hybridized carbons (Fsp3) is 0.621. The van der Waals surface area contributed by atoms with Crippen LogP contribution in [0, 0.1) is 11.7 Å². The molecular weight excluding hydrogens is 427 g/mol. The number of esters is 1. The zero-order chi connectivity index (χ0) is 24.2. The van der Waals surface area contributed by atoms with Crippen molar-refractivity contribution in [1.29, 1.82) is 0 Å². The van der Waals surface area contributed by atoms with Crippen molar-refractivity contribution >= 4 is 5.97 Å². The summed E-state index contributed by atoms with van der Waals surface area (Å²) < 4.78 is 20.4. The van der Waals surface area contributed by atoms with Crippen molar-refractivity contribution in [3.05, 3.63) is 47.5 Å². The Kier molecular flexibility index (Phi) is 11.0. The Bertz CT molecular complexity index is 876. The van der Waals surface area contributed by atoms with Crippen molar-refractivity contribution < 1.29 is 13.9 Å². The van der Waals surface area contributed by atoms with Crippen LogP contribution in [0.3, 0.4) is 0 Å². The maximum Gasteiger partial charge on any atom is 0.341 e. The van der Waals surface area contributed by atoms with Gasteiger partial charge in [-0.05, 0) is 62.1 Å². The number of benzene rings is 1. The lowest BCUT2D eigenvalue weighted by atomic mass is 9.84. The number of halogens is 1. The van der Waals surface area contributed by atoms with Crippen molar-refractivity contribution in [3.63, 3.8) is 0 Å². The number of aromatic nitrogens is 2. The minimum absolute atomic E-state index is 0.0162. The van der Waals surface area contributed by atoms with Crippen LogP contribution in [-0.4, -0.2) is 22.0 Å². The second-order valence-corrected chi connectivity index (χ2v) is 9.82. The van der Waals surface area contributed by atoms with E-state index in [1.165, 1.54) is 63.5 Å². The summed E-state index contributed by atoms with van der Waals surface area (Å²) in [7, 11) is 0. The van der Waals surface area contributed by atoms with Crippen LogP contribution < -0.4 is 0 Å². The highest BCUT2D eigenvalue weighted by molar-refractivity contribution is 5.90. The third kappa shape index (κ3) is 8.18. The van der Waals surface area contributed by atoms with Gasteiger partial charge in [0.25, 0.3) is 0 Å². The third-order valence-corrected chi connectivity index (χ3v) is 7.00. The summed E-state index contributed by atoms with van der Waals surface area (Å²) >= 11 is 0. The van der Waals surface area contributed by atoms with Crippen LogP contribution in [0.15, 0.2) is 30.6 Å². The number of aryl methyl sites for hydroxylation is 1. The highest BCUT2D eigenvalue weighted by Gasteiger charge is 2.25. The molecule has 0 radical (unpaired) electrons. The van der Waals surface area contributed by atoms with Gasteiger partial charge in [-0.2, -0.15) is 0 Å². The van der Waals surface area contributed by atoms with Gasteiger partial charge in [0.1, 0.15) is 11.9 Å². The number of carbonyl (C=O) groups excluding carboxylic acids is 1. The Labute approximate surface area is 204 Å². The third-order valence-electron chi connectivity index (χ3n) is 7.00. The van der Waals surface area contributed by atoms with Crippen LogP contribution >= 0.6 is 0 Å². The van der Waals surface area contributed by atoms with Gasteiger partial charge in [-0.3, -0.25) is 0 Å². The van der Waals surface area contributed by atoms with Crippen LogP contribution in [0.25, 0.3) is 11.4 Å². The summed E-state index contributed by atoms with van der Waals surface area (Å²) in [6.07, 6.45) is 19.7. The SMILES string of the molecule is CCCCCCCc1cnc(-c2ccc(C(=O)OC3CCC(CCCCC)CC3)c(F)c2)nc1. The lowest BCUT2D eigenvalue weighted by Gasteiger charge is -2.28. The van der Waals surface area contributed by atoms with E-state index in [9.17, 15) is 9.18 Å². The van der Waals surface area contributed by atoms with Crippen LogP contribution in [0.1, 0.15) is 113 Å². The van der Waals surface area contributed by atoms with E-state index in [0.29, 0.717) is 11.4 Å². The van der Waals surface area contributed by atoms with E-state index in [4.69, 9.17) is 4.74 Å². The van der Waals surface area contributed by atoms with Crippen LogP contribution in [-0.2, 0) is 11.2 Å². The number of hydrogen-bond donors (Lipinski definition) is 0. The molecule has 1 aromatic carbocycles. The van der Waals surface area contributed by atoms with E-state index >= 15 is 0 Å². The van der Waals surface area contributed by atoms with Crippen molar-refractivity contribution in [1.82, 2.24) is 9.97 Å². The first-order chi connectivity index (χ1) is 16.6. The molecule has 1 fully saturated rings. The standard InChI is InChI=1S/C29H41FN2O2/c1-3-5-7-8-10-12-23-20-31-28(32-21-23)24-15-18-26(27(30)19-24)29(33)34-25-16-13-22(14-17-25)11-9-6-4-2/h15,18-22,25H,3-14,16-17H2,1-2H3. The first-order valence-corrected chi connectivity index (χ1v) is 13.4. The number of rotatable bonds is 13. The zero-order valence-electron chi connectivity index (χ0n) is 21.0. The molecule has 3 rings (SSSR count). The number of hydrogen-bond acceptors (Lipinski definition) is 4. The van der Waals surface area contributed by atoms with Gasteiger partial charge in [-0.15, -0.1) is 0 Å². The van der Waals surface area contributed by atoms with Crippen molar-refractivity contribution in [2.45, 2.75) is 110 Å². The molecule has 0 spiro atoms. The Morgan fingerprint density at radius 3 is 2.29 bits per heavy atom. The lowest BCUT2D eigenvalue weighted by molar-refractivity contribution is 0.0156. The van der Waals surface area contributed by atoms with Gasteiger partial charge in [0.2, 0.25) is 0 Å². The molecule has 1 heterocycles. The maximum atomic E-state index is 14.8. The van der Waals surface area contributed by atoms with Crippen molar-refractivity contribution in [2.75, 3.05) is 0 Å². The lowest BCUT2D eigenvalue weighted by Crippen LogP contribution is -2.25. The molecule has 0 saturated heterocycles. The summed E-state index contributed by atoms with van der Waals surface area (Å²) in [5.74, 6) is 0.0529. The Balaban J connectivity index is 1.49. The van der Waals surface area contributed by atoms with E-state index in [1.807, 2.05) is 12.4 Å². The van der Waals surface area contributed by atoms with Gasteiger partial charge < -0.3 is 4.74 Å². The average Bonchev–Trinajstić information content (AvgIpc) is 2.85. The normalized spacial score (nSPS) is 18.1. The van der Waals surface area contributed by atoms with Gasteiger partial charge in [-0.1, -0.05) is 71.3 Å². The number of unbranched alkanes of at least 4 members (excludes halogenated alkanes) is 6. The smallest absolute Gasteiger partial charge is 0.341 e. The quantitative estimate of drug-likeness (QED) is 0.220. The molecule has 2 aromatic rings. The van der Waals surface area contributed by atoms with Gasteiger partial charge >= 0.3 is 5.97 Å². The van der Waals surface area contributed by atoms with E-state index in [0.717, 1.165) is 50.0 Å². The Morgan fingerprint density at radius 2 is 1.62 bits per heavy atom. The monoisotopic (exact) mass is 468 g/mol. The summed E-state index contributed by atoms with van der Waals surface area (Å²) in [4.78, 5) is 21.4. The second-order valence-electron chi connectivity index (χ2n) is 9.82. The molecule has 1 aliphatic rings. The van der Waals surface area contributed by atoms with Gasteiger partial charge in [0.15, 0.2) is 5.82 Å². The molecule has 1 saturated carbocycles. The molecule has 0 N–H and O–H groups in total. The van der Waals surface area contributed by atoms with Gasteiger partial charge in [-0.25, -0.2) is 19.2 Å². The van der Waals surface area contributed by atoms with Crippen LogP contribution in [0.2, 0.25) is 0 Å². The predicted octanol–water partition coefficient (Wildman–Crippen LogP) is 8.09. The zero-order valence-corrected chi connectivity index (χ0v) is 21.0. The molecule has 0 amide bonds. The van der Waals surface area contributed by atoms with Crippen LogP contribution in [0.4, 0.5) is 4.39 Å². The molecule has 0 unspecified atom stereocenters. The molecule has 186 valence electrons. The first kappa shape index (κ1) is 26.3. The van der Waals surface area contributed by atoms with Crippen molar-refractivity contribution in [2.24, 2.45) is 5.92 Å². The molecule has 0 atom stereocenters. The summed E-state index contributed by atoms with van der Waals surface area (Å²) in [5, 5.41) is 0.